The summed E-state index contributed by atoms with van der Waals surface area (Å²) in [6, 6.07) is 9.31. The number of fused-ring (bicyclic) bond motifs is 1. The molecule has 2 aromatic heterocycles. The van der Waals surface area contributed by atoms with Crippen LogP contribution in [0.5, 0.6) is 5.88 Å². The molecule has 13 heteroatoms. The zero-order valence-corrected chi connectivity index (χ0v) is 23.6. The SMILES string of the molecule is C=C[C@@H]1C[C@]1(NC(=O)[C@@H]1C[C@@H](Oc2nc3ccccc3nc2-c2cccs2)CN1C(=O)[C@@H]1COC(=O)N1)C(=O)OCC. The molecule has 0 bridgehead atoms. The van der Waals surface area contributed by atoms with Gasteiger partial charge in [-0.2, -0.15) is 0 Å². The highest BCUT2D eigenvalue weighted by Crippen LogP contribution is 2.46. The summed E-state index contributed by atoms with van der Waals surface area (Å²) in [7, 11) is 0. The fourth-order valence-electron chi connectivity index (χ4n) is 5.46. The Morgan fingerprint density at radius 2 is 2.02 bits per heavy atom. The topological polar surface area (TPSA) is 149 Å². The van der Waals surface area contributed by atoms with Gasteiger partial charge in [0, 0.05) is 12.3 Å². The van der Waals surface area contributed by atoms with E-state index in [0.717, 1.165) is 4.88 Å². The third-order valence-electron chi connectivity index (χ3n) is 7.68. The smallest absolute Gasteiger partial charge is 0.407 e. The minimum Gasteiger partial charge on any atom is -0.471 e. The summed E-state index contributed by atoms with van der Waals surface area (Å²) in [5.41, 5.74) is 0.665. The summed E-state index contributed by atoms with van der Waals surface area (Å²) in [4.78, 5) is 63.5. The van der Waals surface area contributed by atoms with Crippen LogP contribution in [0.4, 0.5) is 4.79 Å². The molecule has 2 N–H and O–H groups in total. The predicted octanol–water partition coefficient (Wildman–Crippen LogP) is 2.44. The summed E-state index contributed by atoms with van der Waals surface area (Å²) in [6.07, 6.45) is 0.739. The van der Waals surface area contributed by atoms with Crippen molar-refractivity contribution in [1.29, 1.82) is 0 Å². The number of amides is 3. The first kappa shape index (κ1) is 27.6. The van der Waals surface area contributed by atoms with Crippen LogP contribution in [0.25, 0.3) is 21.6 Å². The van der Waals surface area contributed by atoms with Crippen LogP contribution in [0.15, 0.2) is 54.4 Å². The van der Waals surface area contributed by atoms with E-state index in [1.54, 1.807) is 13.0 Å². The predicted molar refractivity (Wildman–Crippen MR) is 151 cm³/mol. The number of esters is 1. The largest absolute Gasteiger partial charge is 0.471 e. The zero-order chi connectivity index (χ0) is 29.4. The molecule has 3 aromatic rings. The molecule has 0 spiro atoms. The number of carbonyl (C=O) groups is 4. The molecule has 1 aliphatic carbocycles. The lowest BCUT2D eigenvalue weighted by Crippen LogP contribution is -2.55. The fraction of sp³-hybridized carbons (Fsp3) is 0.379. The molecule has 3 aliphatic rings. The van der Waals surface area contributed by atoms with Gasteiger partial charge >= 0.3 is 12.1 Å². The lowest BCUT2D eigenvalue weighted by Gasteiger charge is -2.27. The summed E-state index contributed by atoms with van der Waals surface area (Å²) < 4.78 is 16.5. The van der Waals surface area contributed by atoms with E-state index in [0.29, 0.717) is 23.1 Å². The lowest BCUT2D eigenvalue weighted by atomic mass is 10.1. The standard InChI is InChI=1S/C29H29N5O7S/c1-3-16-13-29(16,27(37)39-4-2)33-24(35)21-12-17(14-34(21)26(36)20-15-40-28(38)32-20)41-25-23(22-10-7-11-42-22)30-18-8-5-6-9-19(18)31-25/h3,5-11,16-17,20-21H,1,4,12-15H2,2H3,(H,32,38)(H,33,35)/t16-,17-,20+,21+,29-/m1/s1. The highest BCUT2D eigenvalue weighted by molar-refractivity contribution is 7.13. The molecule has 2 aliphatic heterocycles. The lowest BCUT2D eigenvalue weighted by molar-refractivity contribution is -0.150. The molecular formula is C29H29N5O7S. The van der Waals surface area contributed by atoms with Gasteiger partial charge in [0.1, 0.15) is 36.0 Å². The molecule has 4 heterocycles. The van der Waals surface area contributed by atoms with E-state index >= 15 is 0 Å². The van der Waals surface area contributed by atoms with Gasteiger partial charge in [0.25, 0.3) is 0 Å². The van der Waals surface area contributed by atoms with Gasteiger partial charge in [0.15, 0.2) is 0 Å². The van der Waals surface area contributed by atoms with Gasteiger partial charge in [-0.3, -0.25) is 9.59 Å². The molecule has 2 saturated heterocycles. The number of alkyl carbamates (subject to hydrolysis) is 1. The number of rotatable bonds is 9. The fourth-order valence-corrected chi connectivity index (χ4v) is 6.16. The van der Waals surface area contributed by atoms with Crippen LogP contribution in [0, 0.1) is 5.92 Å². The van der Waals surface area contributed by atoms with Crippen molar-refractivity contribution in [3.8, 4) is 16.5 Å². The second-order valence-corrected chi connectivity index (χ2v) is 11.3. The van der Waals surface area contributed by atoms with Crippen molar-refractivity contribution in [1.82, 2.24) is 25.5 Å². The first-order valence-corrected chi connectivity index (χ1v) is 14.5. The molecule has 1 aromatic carbocycles. The molecular weight excluding hydrogens is 562 g/mol. The van der Waals surface area contributed by atoms with E-state index in [9.17, 15) is 19.2 Å². The van der Waals surface area contributed by atoms with E-state index in [-0.39, 0.29) is 38.0 Å². The Morgan fingerprint density at radius 1 is 1.24 bits per heavy atom. The number of nitrogens with zero attached hydrogens (tertiary/aromatic N) is 3. The van der Waals surface area contributed by atoms with E-state index in [2.05, 4.69) is 17.2 Å². The van der Waals surface area contributed by atoms with Crippen molar-refractivity contribution < 1.29 is 33.4 Å². The first-order valence-electron chi connectivity index (χ1n) is 13.7. The number of ether oxygens (including phenoxy) is 3. The number of nitrogens with one attached hydrogen (secondary N) is 2. The van der Waals surface area contributed by atoms with Gasteiger partial charge in [0.05, 0.1) is 29.1 Å². The number of thiophene rings is 1. The van der Waals surface area contributed by atoms with Crippen molar-refractivity contribution in [3.05, 3.63) is 54.4 Å². The van der Waals surface area contributed by atoms with Crippen molar-refractivity contribution in [3.63, 3.8) is 0 Å². The normalized spacial score (nSPS) is 26.3. The molecule has 218 valence electrons. The van der Waals surface area contributed by atoms with Crippen LogP contribution in [0.3, 0.4) is 0 Å². The number of para-hydroxylation sites is 2. The van der Waals surface area contributed by atoms with Crippen LogP contribution < -0.4 is 15.4 Å². The highest BCUT2D eigenvalue weighted by atomic mass is 32.1. The molecule has 0 unspecified atom stereocenters. The van der Waals surface area contributed by atoms with Crippen molar-refractivity contribution >= 4 is 46.2 Å². The van der Waals surface area contributed by atoms with Gasteiger partial charge in [-0.25, -0.2) is 19.6 Å². The number of cyclic esters (lactones) is 1. The maximum Gasteiger partial charge on any atom is 0.407 e. The Morgan fingerprint density at radius 3 is 2.67 bits per heavy atom. The highest BCUT2D eigenvalue weighted by Gasteiger charge is 2.62. The van der Waals surface area contributed by atoms with Crippen LogP contribution >= 0.6 is 11.3 Å². The van der Waals surface area contributed by atoms with E-state index < -0.39 is 47.6 Å². The Kier molecular flexibility index (Phi) is 7.27. The average Bonchev–Trinajstić information content (AvgIpc) is 3.43. The quantitative estimate of drug-likeness (QED) is 0.283. The first-order chi connectivity index (χ1) is 20.3. The van der Waals surface area contributed by atoms with Crippen LogP contribution in [0.1, 0.15) is 19.8 Å². The van der Waals surface area contributed by atoms with Crippen molar-refractivity contribution in [2.45, 2.75) is 43.5 Å². The van der Waals surface area contributed by atoms with Gasteiger partial charge in [-0.05, 0) is 36.9 Å². The van der Waals surface area contributed by atoms with Gasteiger partial charge in [-0.15, -0.1) is 17.9 Å². The number of hydrogen-bond donors (Lipinski definition) is 2. The minimum absolute atomic E-state index is 0.0406. The Bertz CT molecular complexity index is 1560. The summed E-state index contributed by atoms with van der Waals surface area (Å²) >= 11 is 1.49. The third kappa shape index (κ3) is 5.04. The molecule has 5 atom stereocenters. The molecule has 12 nitrogen and oxygen atoms in total. The van der Waals surface area contributed by atoms with Crippen molar-refractivity contribution in [2.24, 2.45) is 5.92 Å². The maximum absolute atomic E-state index is 13.7. The number of aromatic nitrogens is 2. The zero-order valence-electron chi connectivity index (χ0n) is 22.8. The maximum atomic E-state index is 13.7. The summed E-state index contributed by atoms with van der Waals surface area (Å²) in [6.45, 7) is 5.50. The van der Waals surface area contributed by atoms with Crippen molar-refractivity contribution in [2.75, 3.05) is 19.8 Å². The Balaban J connectivity index is 1.29. The molecule has 1 saturated carbocycles. The molecule has 0 radical (unpaired) electrons. The molecule has 42 heavy (non-hydrogen) atoms. The Labute approximate surface area is 245 Å². The van der Waals surface area contributed by atoms with E-state index in [4.69, 9.17) is 24.2 Å². The summed E-state index contributed by atoms with van der Waals surface area (Å²) in [5, 5.41) is 7.25. The molecule has 6 rings (SSSR count). The Hall–Kier alpha value is -4.52. The monoisotopic (exact) mass is 591 g/mol. The molecule has 3 fully saturated rings. The third-order valence-corrected chi connectivity index (χ3v) is 8.55. The molecule has 3 amide bonds. The minimum atomic E-state index is -1.23. The number of likely N-dealkylation sites (tertiary alicyclic amines) is 1. The number of carbonyl (C=O) groups excluding carboxylic acids is 4. The van der Waals surface area contributed by atoms with Gasteiger partial charge < -0.3 is 29.7 Å². The van der Waals surface area contributed by atoms with E-state index in [1.165, 1.54) is 16.2 Å². The van der Waals surface area contributed by atoms with E-state index in [1.807, 2.05) is 41.8 Å². The number of benzene rings is 1. The van der Waals surface area contributed by atoms with Gasteiger partial charge in [-0.1, -0.05) is 24.3 Å². The van der Waals surface area contributed by atoms with Crippen LogP contribution in [0.2, 0.25) is 0 Å². The van der Waals surface area contributed by atoms with Crippen LogP contribution in [-0.2, 0) is 23.9 Å². The average molecular weight is 592 g/mol. The second-order valence-electron chi connectivity index (χ2n) is 10.3. The van der Waals surface area contributed by atoms with Gasteiger partial charge in [0.2, 0.25) is 17.7 Å². The second kappa shape index (κ2) is 11.0. The van der Waals surface area contributed by atoms with Crippen LogP contribution in [-0.4, -0.2) is 82.2 Å². The summed E-state index contributed by atoms with van der Waals surface area (Å²) in [5.74, 6) is -1.57. The number of hydrogen-bond acceptors (Lipinski definition) is 10.